The first kappa shape index (κ1) is 12.2. The second-order valence-corrected chi connectivity index (χ2v) is 5.80. The lowest BCUT2D eigenvalue weighted by Crippen LogP contribution is -2.38. The van der Waals surface area contributed by atoms with Crippen LogP contribution in [0.1, 0.15) is 29.9 Å². The molecule has 2 heteroatoms. The molecule has 3 rings (SSSR count). The highest BCUT2D eigenvalue weighted by molar-refractivity contribution is 5.27. The Labute approximate surface area is 110 Å². The van der Waals surface area contributed by atoms with E-state index in [-0.39, 0.29) is 0 Å². The van der Waals surface area contributed by atoms with Crippen molar-refractivity contribution >= 4 is 0 Å². The van der Waals surface area contributed by atoms with Crippen LogP contribution < -0.4 is 5.32 Å². The Morgan fingerprint density at radius 3 is 3.00 bits per heavy atom. The molecule has 3 atom stereocenters. The number of nitrogens with one attached hydrogen (secondary N) is 1. The molecule has 0 aliphatic carbocycles. The zero-order valence-electron chi connectivity index (χ0n) is 11.2. The quantitative estimate of drug-likeness (QED) is 0.865. The summed E-state index contributed by atoms with van der Waals surface area (Å²) in [4.78, 5) is 0. The minimum absolute atomic E-state index is 0.672. The summed E-state index contributed by atoms with van der Waals surface area (Å²) in [6.07, 6.45) is 2.56. The molecular weight excluding hydrogens is 222 g/mol. The van der Waals surface area contributed by atoms with Crippen LogP contribution in [-0.2, 0) is 4.74 Å². The van der Waals surface area contributed by atoms with Crippen molar-refractivity contribution in [1.82, 2.24) is 5.32 Å². The van der Waals surface area contributed by atoms with Crippen molar-refractivity contribution in [1.29, 1.82) is 0 Å². The van der Waals surface area contributed by atoms with Gasteiger partial charge in [-0.2, -0.15) is 0 Å². The van der Waals surface area contributed by atoms with Gasteiger partial charge in [0.05, 0.1) is 0 Å². The van der Waals surface area contributed by atoms with Crippen molar-refractivity contribution < 1.29 is 4.74 Å². The van der Waals surface area contributed by atoms with Crippen LogP contribution in [0.25, 0.3) is 0 Å². The molecule has 0 amide bonds. The van der Waals surface area contributed by atoms with Crippen LogP contribution in [0.2, 0.25) is 0 Å². The fraction of sp³-hybridized carbons (Fsp3) is 0.625. The van der Waals surface area contributed by atoms with Gasteiger partial charge in [-0.1, -0.05) is 29.8 Å². The van der Waals surface area contributed by atoms with E-state index >= 15 is 0 Å². The van der Waals surface area contributed by atoms with Gasteiger partial charge in [0.1, 0.15) is 0 Å². The zero-order valence-corrected chi connectivity index (χ0v) is 11.2. The highest BCUT2D eigenvalue weighted by Gasteiger charge is 2.34. The van der Waals surface area contributed by atoms with Gasteiger partial charge in [-0.25, -0.2) is 0 Å². The van der Waals surface area contributed by atoms with E-state index in [0.29, 0.717) is 5.92 Å². The summed E-state index contributed by atoms with van der Waals surface area (Å²) in [6.45, 7) is 6.43. The minimum atomic E-state index is 0.672. The summed E-state index contributed by atoms with van der Waals surface area (Å²) >= 11 is 0. The first-order chi connectivity index (χ1) is 8.84. The maximum Gasteiger partial charge on any atom is 0.0498 e. The predicted molar refractivity (Wildman–Crippen MR) is 73.8 cm³/mol. The standard InChI is InChI=1S/C16H23NO/c1-12-3-2-4-13(9-12)16-10-17-7-5-15(16)14-6-8-18-11-14/h2-4,9,14-17H,5-8,10-11H2,1H3. The van der Waals surface area contributed by atoms with E-state index < -0.39 is 0 Å². The molecule has 0 aromatic heterocycles. The van der Waals surface area contributed by atoms with Crippen LogP contribution in [0.4, 0.5) is 0 Å². The first-order valence-corrected chi connectivity index (χ1v) is 7.19. The monoisotopic (exact) mass is 245 g/mol. The fourth-order valence-corrected chi connectivity index (χ4v) is 3.60. The molecule has 2 aliphatic heterocycles. The smallest absolute Gasteiger partial charge is 0.0498 e. The molecule has 1 N–H and O–H groups in total. The third-order valence-corrected chi connectivity index (χ3v) is 4.58. The summed E-state index contributed by atoms with van der Waals surface area (Å²) in [5.74, 6) is 2.25. The third-order valence-electron chi connectivity index (χ3n) is 4.58. The Morgan fingerprint density at radius 1 is 1.28 bits per heavy atom. The Kier molecular flexibility index (Phi) is 3.67. The van der Waals surface area contributed by atoms with Crippen LogP contribution >= 0.6 is 0 Å². The molecule has 2 heterocycles. The third kappa shape index (κ3) is 2.45. The largest absolute Gasteiger partial charge is 0.381 e. The van der Waals surface area contributed by atoms with Crippen molar-refractivity contribution in [3.05, 3.63) is 35.4 Å². The average molecular weight is 245 g/mol. The number of benzene rings is 1. The Morgan fingerprint density at radius 2 is 2.22 bits per heavy atom. The normalized spacial score (nSPS) is 32.6. The molecule has 2 aliphatic rings. The van der Waals surface area contributed by atoms with Gasteiger partial charge in [0.15, 0.2) is 0 Å². The molecule has 1 aromatic rings. The second kappa shape index (κ2) is 5.41. The molecular formula is C16H23NO. The Hall–Kier alpha value is -0.860. The molecule has 0 saturated carbocycles. The Bertz CT molecular complexity index is 398. The van der Waals surface area contributed by atoms with E-state index in [2.05, 4.69) is 36.5 Å². The topological polar surface area (TPSA) is 21.3 Å². The zero-order chi connectivity index (χ0) is 12.4. The summed E-state index contributed by atoms with van der Waals surface area (Å²) < 4.78 is 5.60. The molecule has 98 valence electrons. The van der Waals surface area contributed by atoms with Gasteiger partial charge in [-0.3, -0.25) is 0 Å². The molecule has 1 aromatic carbocycles. The van der Waals surface area contributed by atoms with Gasteiger partial charge in [0.2, 0.25) is 0 Å². The van der Waals surface area contributed by atoms with Crippen molar-refractivity contribution in [2.45, 2.75) is 25.7 Å². The number of hydrogen-bond acceptors (Lipinski definition) is 2. The molecule has 3 unspecified atom stereocenters. The van der Waals surface area contributed by atoms with Crippen LogP contribution in [0.3, 0.4) is 0 Å². The molecule has 2 nitrogen and oxygen atoms in total. The van der Waals surface area contributed by atoms with E-state index in [0.717, 1.165) is 31.6 Å². The lowest BCUT2D eigenvalue weighted by Gasteiger charge is -2.36. The van der Waals surface area contributed by atoms with Crippen molar-refractivity contribution in [3.63, 3.8) is 0 Å². The maximum atomic E-state index is 5.60. The van der Waals surface area contributed by atoms with E-state index in [9.17, 15) is 0 Å². The number of hydrogen-bond donors (Lipinski definition) is 1. The Balaban J connectivity index is 1.82. The highest BCUT2D eigenvalue weighted by atomic mass is 16.5. The van der Waals surface area contributed by atoms with Crippen LogP contribution in [0.5, 0.6) is 0 Å². The summed E-state index contributed by atoms with van der Waals surface area (Å²) in [5, 5.41) is 3.57. The van der Waals surface area contributed by atoms with Crippen LogP contribution in [0.15, 0.2) is 24.3 Å². The summed E-state index contributed by atoms with van der Waals surface area (Å²) in [6, 6.07) is 9.04. The van der Waals surface area contributed by atoms with Gasteiger partial charge < -0.3 is 10.1 Å². The van der Waals surface area contributed by atoms with E-state index in [4.69, 9.17) is 4.74 Å². The number of aryl methyl sites for hydroxylation is 1. The van der Waals surface area contributed by atoms with Crippen LogP contribution in [-0.4, -0.2) is 26.3 Å². The lowest BCUT2D eigenvalue weighted by molar-refractivity contribution is 0.154. The highest BCUT2D eigenvalue weighted by Crippen LogP contribution is 2.38. The molecule has 2 fully saturated rings. The summed E-state index contributed by atoms with van der Waals surface area (Å²) in [5.41, 5.74) is 2.89. The SMILES string of the molecule is Cc1cccc(C2CNCCC2C2CCOC2)c1. The van der Waals surface area contributed by atoms with Crippen molar-refractivity contribution in [3.8, 4) is 0 Å². The second-order valence-electron chi connectivity index (χ2n) is 5.80. The molecule has 0 spiro atoms. The molecule has 0 bridgehead atoms. The van der Waals surface area contributed by atoms with E-state index in [1.165, 1.54) is 30.5 Å². The van der Waals surface area contributed by atoms with Gasteiger partial charge >= 0.3 is 0 Å². The van der Waals surface area contributed by atoms with Gasteiger partial charge in [-0.15, -0.1) is 0 Å². The van der Waals surface area contributed by atoms with E-state index in [1.54, 1.807) is 0 Å². The summed E-state index contributed by atoms with van der Waals surface area (Å²) in [7, 11) is 0. The number of ether oxygens (including phenoxy) is 1. The number of rotatable bonds is 2. The van der Waals surface area contributed by atoms with Gasteiger partial charge in [0, 0.05) is 19.8 Å². The molecule has 0 radical (unpaired) electrons. The average Bonchev–Trinajstić information content (AvgIpc) is 2.92. The lowest BCUT2D eigenvalue weighted by atomic mass is 9.73. The van der Waals surface area contributed by atoms with Gasteiger partial charge in [-0.05, 0) is 49.6 Å². The van der Waals surface area contributed by atoms with Crippen LogP contribution in [0, 0.1) is 18.8 Å². The fourth-order valence-electron chi connectivity index (χ4n) is 3.60. The first-order valence-electron chi connectivity index (χ1n) is 7.19. The van der Waals surface area contributed by atoms with E-state index in [1.807, 2.05) is 0 Å². The number of piperidine rings is 1. The molecule has 18 heavy (non-hydrogen) atoms. The predicted octanol–water partition coefficient (Wildman–Crippen LogP) is 2.72. The van der Waals surface area contributed by atoms with Crippen molar-refractivity contribution in [2.75, 3.05) is 26.3 Å². The van der Waals surface area contributed by atoms with Crippen molar-refractivity contribution in [2.24, 2.45) is 11.8 Å². The minimum Gasteiger partial charge on any atom is -0.381 e. The van der Waals surface area contributed by atoms with Gasteiger partial charge in [0.25, 0.3) is 0 Å². The molecule has 2 saturated heterocycles. The maximum absolute atomic E-state index is 5.60.